The van der Waals surface area contributed by atoms with Gasteiger partial charge in [0.2, 0.25) is 0 Å². The topological polar surface area (TPSA) is 12.0 Å². The van der Waals surface area contributed by atoms with Crippen molar-refractivity contribution in [2.75, 3.05) is 6.54 Å². The predicted octanol–water partition coefficient (Wildman–Crippen LogP) is 3.79. The number of hydrogen-bond acceptors (Lipinski definition) is 1. The smallest absolute Gasteiger partial charge is 0.00699 e. The van der Waals surface area contributed by atoms with Crippen molar-refractivity contribution in [1.29, 1.82) is 0 Å². The van der Waals surface area contributed by atoms with Crippen LogP contribution in [-0.4, -0.2) is 12.6 Å². The molecule has 2 aliphatic rings. The number of rotatable bonds is 5. The van der Waals surface area contributed by atoms with Crippen LogP contribution in [0.3, 0.4) is 0 Å². The Morgan fingerprint density at radius 3 is 2.56 bits per heavy atom. The minimum atomic E-state index is 0.799. The first kappa shape index (κ1) is 12.2. The highest BCUT2D eigenvalue weighted by Crippen LogP contribution is 2.43. The zero-order valence-electron chi connectivity index (χ0n) is 11.3. The lowest BCUT2D eigenvalue weighted by Gasteiger charge is -2.30. The molecule has 0 radical (unpaired) electrons. The summed E-state index contributed by atoms with van der Waals surface area (Å²) in [7, 11) is 0. The fraction of sp³-hybridized carbons (Fsp3) is 0.647. The second-order valence-electron chi connectivity index (χ2n) is 6.15. The van der Waals surface area contributed by atoms with Crippen molar-refractivity contribution in [3.05, 3.63) is 35.9 Å². The van der Waals surface area contributed by atoms with E-state index in [1.165, 1.54) is 50.5 Å². The van der Waals surface area contributed by atoms with Crippen LogP contribution >= 0.6 is 0 Å². The quantitative estimate of drug-likeness (QED) is 0.829. The monoisotopic (exact) mass is 243 g/mol. The van der Waals surface area contributed by atoms with E-state index < -0.39 is 0 Å². The molecule has 1 heteroatoms. The molecule has 0 saturated heterocycles. The molecule has 3 rings (SSSR count). The van der Waals surface area contributed by atoms with Crippen LogP contribution in [-0.2, 0) is 6.42 Å². The molecule has 1 nitrogen and oxygen atoms in total. The van der Waals surface area contributed by atoms with E-state index >= 15 is 0 Å². The molecule has 0 bridgehead atoms. The summed E-state index contributed by atoms with van der Waals surface area (Å²) in [6, 6.07) is 11.6. The zero-order valence-corrected chi connectivity index (χ0v) is 11.3. The maximum atomic E-state index is 3.78. The lowest BCUT2D eigenvalue weighted by atomic mass is 9.82. The Kier molecular flexibility index (Phi) is 3.99. The van der Waals surface area contributed by atoms with Crippen molar-refractivity contribution in [3.8, 4) is 0 Å². The largest absolute Gasteiger partial charge is 0.314 e. The molecular formula is C17H25N. The van der Waals surface area contributed by atoms with E-state index in [2.05, 4.69) is 35.6 Å². The first-order chi connectivity index (χ1) is 8.92. The van der Waals surface area contributed by atoms with Crippen LogP contribution in [0.4, 0.5) is 0 Å². The van der Waals surface area contributed by atoms with Crippen LogP contribution in [0.15, 0.2) is 30.3 Å². The van der Waals surface area contributed by atoms with Crippen molar-refractivity contribution in [1.82, 2.24) is 5.32 Å². The van der Waals surface area contributed by atoms with Crippen molar-refractivity contribution in [2.24, 2.45) is 11.8 Å². The molecule has 0 aromatic heterocycles. The fourth-order valence-electron chi connectivity index (χ4n) is 3.47. The molecule has 2 fully saturated rings. The molecule has 0 spiro atoms. The summed E-state index contributed by atoms with van der Waals surface area (Å²) in [6.45, 7) is 1.14. The standard InChI is InChI=1S/C17H25N/c1-2-5-14(6-3-1)11-12-18-17-8-4-7-16(13-17)15-9-10-15/h1-3,5-6,15-18H,4,7-13H2. The molecule has 2 saturated carbocycles. The molecule has 18 heavy (non-hydrogen) atoms. The van der Waals surface area contributed by atoms with Crippen molar-refractivity contribution in [3.63, 3.8) is 0 Å². The maximum absolute atomic E-state index is 3.78. The van der Waals surface area contributed by atoms with Gasteiger partial charge in [-0.05, 0) is 56.0 Å². The molecule has 0 aliphatic heterocycles. The summed E-state index contributed by atoms with van der Waals surface area (Å²) in [4.78, 5) is 0. The van der Waals surface area contributed by atoms with Gasteiger partial charge in [0.05, 0.1) is 0 Å². The molecule has 2 atom stereocenters. The SMILES string of the molecule is c1ccc(CCNC2CCCC(C3CC3)C2)cc1. The molecule has 98 valence electrons. The Balaban J connectivity index is 1.40. The van der Waals surface area contributed by atoms with E-state index in [0.29, 0.717) is 0 Å². The lowest BCUT2D eigenvalue weighted by molar-refractivity contribution is 0.262. The molecular weight excluding hydrogens is 218 g/mol. The van der Waals surface area contributed by atoms with Gasteiger partial charge in [0, 0.05) is 6.04 Å². The average molecular weight is 243 g/mol. The summed E-state index contributed by atoms with van der Waals surface area (Å²) in [5.74, 6) is 2.15. The van der Waals surface area contributed by atoms with E-state index in [4.69, 9.17) is 0 Å². The second-order valence-corrected chi connectivity index (χ2v) is 6.15. The van der Waals surface area contributed by atoms with Crippen LogP contribution in [0.5, 0.6) is 0 Å². The van der Waals surface area contributed by atoms with Gasteiger partial charge < -0.3 is 5.32 Å². The van der Waals surface area contributed by atoms with Gasteiger partial charge in [0.1, 0.15) is 0 Å². The van der Waals surface area contributed by atoms with Crippen molar-refractivity contribution < 1.29 is 0 Å². The van der Waals surface area contributed by atoms with Crippen molar-refractivity contribution in [2.45, 2.75) is 51.0 Å². The van der Waals surface area contributed by atoms with Gasteiger partial charge in [-0.15, -0.1) is 0 Å². The predicted molar refractivity (Wildman–Crippen MR) is 76.6 cm³/mol. The Bertz CT molecular complexity index is 355. The second kappa shape index (κ2) is 5.88. The van der Waals surface area contributed by atoms with Gasteiger partial charge >= 0.3 is 0 Å². The zero-order chi connectivity index (χ0) is 12.2. The third kappa shape index (κ3) is 3.35. The Hall–Kier alpha value is -0.820. The van der Waals surface area contributed by atoms with Gasteiger partial charge in [0.25, 0.3) is 0 Å². The van der Waals surface area contributed by atoms with E-state index in [1.807, 2.05) is 0 Å². The highest BCUT2D eigenvalue weighted by molar-refractivity contribution is 5.14. The van der Waals surface area contributed by atoms with E-state index in [-0.39, 0.29) is 0 Å². The summed E-state index contributed by atoms with van der Waals surface area (Å²) in [5.41, 5.74) is 1.46. The van der Waals surface area contributed by atoms with Gasteiger partial charge in [-0.3, -0.25) is 0 Å². The van der Waals surface area contributed by atoms with Crippen LogP contribution in [0.25, 0.3) is 0 Å². The molecule has 0 heterocycles. The number of hydrogen-bond donors (Lipinski definition) is 1. The van der Waals surface area contributed by atoms with Gasteiger partial charge in [-0.25, -0.2) is 0 Å². The molecule has 1 aromatic rings. The van der Waals surface area contributed by atoms with Gasteiger partial charge in [0.15, 0.2) is 0 Å². The Labute approximate surface area is 111 Å². The summed E-state index contributed by atoms with van der Waals surface area (Å²) in [6.07, 6.45) is 10.00. The fourth-order valence-corrected chi connectivity index (χ4v) is 3.47. The first-order valence-corrected chi connectivity index (χ1v) is 7.69. The summed E-state index contributed by atoms with van der Waals surface area (Å²) in [5, 5.41) is 3.78. The molecule has 2 unspecified atom stereocenters. The van der Waals surface area contributed by atoms with E-state index in [9.17, 15) is 0 Å². The summed E-state index contributed by atoms with van der Waals surface area (Å²) >= 11 is 0. The van der Waals surface area contributed by atoms with Crippen LogP contribution in [0, 0.1) is 11.8 Å². The van der Waals surface area contributed by atoms with Crippen LogP contribution in [0.1, 0.15) is 44.1 Å². The molecule has 2 aliphatic carbocycles. The van der Waals surface area contributed by atoms with E-state index in [0.717, 1.165) is 24.4 Å². The van der Waals surface area contributed by atoms with Crippen molar-refractivity contribution >= 4 is 0 Å². The third-order valence-corrected chi connectivity index (χ3v) is 4.69. The van der Waals surface area contributed by atoms with E-state index in [1.54, 1.807) is 0 Å². The van der Waals surface area contributed by atoms with Crippen LogP contribution in [0.2, 0.25) is 0 Å². The molecule has 1 N–H and O–H groups in total. The minimum Gasteiger partial charge on any atom is -0.314 e. The van der Waals surface area contributed by atoms with Gasteiger partial charge in [-0.1, -0.05) is 43.2 Å². The first-order valence-electron chi connectivity index (χ1n) is 7.69. The Morgan fingerprint density at radius 2 is 1.78 bits per heavy atom. The minimum absolute atomic E-state index is 0.799. The highest BCUT2D eigenvalue weighted by atomic mass is 14.9. The normalized spacial score (nSPS) is 28.2. The number of nitrogens with one attached hydrogen (secondary N) is 1. The molecule has 1 aromatic carbocycles. The highest BCUT2D eigenvalue weighted by Gasteiger charge is 2.34. The summed E-state index contributed by atoms with van der Waals surface area (Å²) < 4.78 is 0. The number of benzene rings is 1. The third-order valence-electron chi connectivity index (χ3n) is 4.69. The molecule has 0 amide bonds. The Morgan fingerprint density at radius 1 is 0.944 bits per heavy atom. The average Bonchev–Trinajstić information content (AvgIpc) is 3.25. The maximum Gasteiger partial charge on any atom is 0.00699 e. The lowest BCUT2D eigenvalue weighted by Crippen LogP contribution is -2.35. The van der Waals surface area contributed by atoms with Gasteiger partial charge in [-0.2, -0.15) is 0 Å². The van der Waals surface area contributed by atoms with Crippen LogP contribution < -0.4 is 5.32 Å².